The number of aryl methyl sites for hydroxylation is 1. The van der Waals surface area contributed by atoms with Crippen molar-refractivity contribution in [1.82, 2.24) is 4.98 Å². The molecule has 0 aliphatic rings. The molecule has 0 N–H and O–H groups in total. The maximum atomic E-state index is 4.55. The molecule has 70 valence electrons. The van der Waals surface area contributed by atoms with E-state index in [1.54, 1.807) is 11.3 Å². The zero-order chi connectivity index (χ0) is 9.97. The van der Waals surface area contributed by atoms with Crippen LogP contribution in [0.2, 0.25) is 0 Å². The standard InChI is InChI=1S/C10H8N2S2/c1-2-10-12-8-5-7(11-6-13)3-4-9(8)14-10/h3-5H,2H2,1H3. The van der Waals surface area contributed by atoms with Gasteiger partial charge in [-0.2, -0.15) is 4.99 Å². The minimum Gasteiger partial charge on any atom is -0.241 e. The summed E-state index contributed by atoms with van der Waals surface area (Å²) >= 11 is 6.28. The van der Waals surface area contributed by atoms with E-state index in [-0.39, 0.29) is 0 Å². The molecule has 1 heterocycles. The Labute approximate surface area is 91.3 Å². The number of thiocarbonyl (C=S) groups is 1. The topological polar surface area (TPSA) is 25.2 Å². The van der Waals surface area contributed by atoms with Gasteiger partial charge in [-0.25, -0.2) is 4.98 Å². The van der Waals surface area contributed by atoms with Gasteiger partial charge < -0.3 is 0 Å². The van der Waals surface area contributed by atoms with Crippen LogP contribution < -0.4 is 0 Å². The van der Waals surface area contributed by atoms with E-state index >= 15 is 0 Å². The highest BCUT2D eigenvalue weighted by Crippen LogP contribution is 2.26. The molecule has 2 aromatic rings. The Kier molecular flexibility index (Phi) is 2.68. The lowest BCUT2D eigenvalue weighted by molar-refractivity contribution is 1.11. The average Bonchev–Trinajstić information content (AvgIpc) is 2.60. The Morgan fingerprint density at radius 3 is 3.14 bits per heavy atom. The van der Waals surface area contributed by atoms with E-state index in [0.717, 1.165) is 22.6 Å². The summed E-state index contributed by atoms with van der Waals surface area (Å²) in [5.41, 5.74) is 1.82. The molecular formula is C10H8N2S2. The first-order chi connectivity index (χ1) is 6.83. The van der Waals surface area contributed by atoms with Gasteiger partial charge >= 0.3 is 0 Å². The number of aromatic nitrogens is 1. The molecule has 1 aromatic heterocycles. The number of nitrogens with zero attached hydrogens (tertiary/aromatic N) is 2. The molecule has 2 rings (SSSR count). The maximum absolute atomic E-state index is 4.55. The smallest absolute Gasteiger partial charge is 0.0935 e. The van der Waals surface area contributed by atoms with Crippen molar-refractivity contribution in [3.05, 3.63) is 23.2 Å². The fourth-order valence-electron chi connectivity index (χ4n) is 1.24. The number of rotatable bonds is 2. The Morgan fingerprint density at radius 1 is 1.57 bits per heavy atom. The summed E-state index contributed by atoms with van der Waals surface area (Å²) in [5, 5.41) is 3.51. The molecule has 0 saturated carbocycles. The van der Waals surface area contributed by atoms with E-state index in [2.05, 4.69) is 34.3 Å². The van der Waals surface area contributed by atoms with Gasteiger partial charge in [0.05, 0.1) is 26.1 Å². The van der Waals surface area contributed by atoms with Crippen LogP contribution >= 0.6 is 23.6 Å². The fraction of sp³-hybridized carbons (Fsp3) is 0.200. The molecule has 14 heavy (non-hydrogen) atoms. The second kappa shape index (κ2) is 3.96. The van der Waals surface area contributed by atoms with Crippen LogP contribution in [0.4, 0.5) is 5.69 Å². The molecule has 0 aliphatic heterocycles. The van der Waals surface area contributed by atoms with Gasteiger partial charge in [-0.05, 0) is 36.8 Å². The van der Waals surface area contributed by atoms with Gasteiger partial charge in [0.1, 0.15) is 0 Å². The minimum absolute atomic E-state index is 0.820. The number of aliphatic imine (C=N–C) groups is 1. The van der Waals surface area contributed by atoms with Crippen LogP contribution in [0, 0.1) is 0 Å². The summed E-state index contributed by atoms with van der Waals surface area (Å²) in [6, 6.07) is 5.89. The van der Waals surface area contributed by atoms with Crippen molar-refractivity contribution < 1.29 is 0 Å². The zero-order valence-electron chi connectivity index (χ0n) is 7.65. The molecule has 0 spiro atoms. The van der Waals surface area contributed by atoms with Crippen molar-refractivity contribution >= 4 is 44.6 Å². The van der Waals surface area contributed by atoms with Gasteiger partial charge in [-0.1, -0.05) is 6.92 Å². The van der Waals surface area contributed by atoms with Gasteiger partial charge in [-0.3, -0.25) is 0 Å². The molecule has 1 aromatic carbocycles. The van der Waals surface area contributed by atoms with E-state index in [9.17, 15) is 0 Å². The monoisotopic (exact) mass is 220 g/mol. The Bertz CT molecular complexity index is 510. The van der Waals surface area contributed by atoms with E-state index in [1.165, 1.54) is 4.70 Å². The molecule has 0 fully saturated rings. The van der Waals surface area contributed by atoms with Gasteiger partial charge in [0, 0.05) is 0 Å². The van der Waals surface area contributed by atoms with Crippen LogP contribution in [0.1, 0.15) is 11.9 Å². The molecule has 0 saturated heterocycles. The third-order valence-corrected chi connectivity index (χ3v) is 3.16. The summed E-state index contributed by atoms with van der Waals surface area (Å²) in [6.07, 6.45) is 0.977. The van der Waals surface area contributed by atoms with Gasteiger partial charge in [0.2, 0.25) is 0 Å². The largest absolute Gasteiger partial charge is 0.241 e. The van der Waals surface area contributed by atoms with Crippen LogP contribution in [0.25, 0.3) is 10.2 Å². The molecule has 2 nitrogen and oxygen atoms in total. The van der Waals surface area contributed by atoms with E-state index in [0.29, 0.717) is 0 Å². The molecule has 0 bridgehead atoms. The van der Waals surface area contributed by atoms with Gasteiger partial charge in [-0.15, -0.1) is 11.3 Å². The first-order valence-corrected chi connectivity index (χ1v) is 5.53. The van der Waals surface area contributed by atoms with Crippen molar-refractivity contribution in [2.45, 2.75) is 13.3 Å². The Balaban J connectivity index is 2.59. The zero-order valence-corrected chi connectivity index (χ0v) is 9.28. The normalized spacial score (nSPS) is 10.1. The quantitative estimate of drug-likeness (QED) is 0.571. The van der Waals surface area contributed by atoms with Crippen LogP contribution in [0.3, 0.4) is 0 Å². The van der Waals surface area contributed by atoms with Gasteiger partial charge in [0.15, 0.2) is 0 Å². The summed E-state index contributed by atoms with van der Waals surface area (Å²) in [4.78, 5) is 8.39. The number of isothiocyanates is 1. The molecule has 0 atom stereocenters. The highest BCUT2D eigenvalue weighted by Gasteiger charge is 2.02. The second-order valence-corrected chi connectivity index (χ2v) is 4.11. The number of thiazole rings is 1. The van der Waals surface area contributed by atoms with Crippen LogP contribution in [0.5, 0.6) is 0 Å². The Morgan fingerprint density at radius 2 is 2.43 bits per heavy atom. The van der Waals surface area contributed by atoms with E-state index in [4.69, 9.17) is 0 Å². The lowest BCUT2D eigenvalue weighted by Gasteiger charge is -1.89. The van der Waals surface area contributed by atoms with E-state index in [1.807, 2.05) is 18.2 Å². The molecular weight excluding hydrogens is 212 g/mol. The van der Waals surface area contributed by atoms with Crippen LogP contribution in [0.15, 0.2) is 23.2 Å². The van der Waals surface area contributed by atoms with Crippen molar-refractivity contribution in [1.29, 1.82) is 0 Å². The molecule has 0 radical (unpaired) electrons. The van der Waals surface area contributed by atoms with Crippen LogP contribution in [-0.4, -0.2) is 10.1 Å². The second-order valence-electron chi connectivity index (χ2n) is 2.82. The average molecular weight is 220 g/mol. The highest BCUT2D eigenvalue weighted by atomic mass is 32.1. The predicted molar refractivity (Wildman–Crippen MR) is 63.7 cm³/mol. The lowest BCUT2D eigenvalue weighted by atomic mass is 10.3. The van der Waals surface area contributed by atoms with Crippen molar-refractivity contribution in [2.75, 3.05) is 0 Å². The Hall–Kier alpha value is -1.09. The van der Waals surface area contributed by atoms with Crippen LogP contribution in [-0.2, 0) is 6.42 Å². The maximum Gasteiger partial charge on any atom is 0.0935 e. The van der Waals surface area contributed by atoms with Gasteiger partial charge in [0.25, 0.3) is 0 Å². The molecule has 0 amide bonds. The summed E-state index contributed by atoms with van der Waals surface area (Å²) in [6.45, 7) is 2.10. The first-order valence-electron chi connectivity index (χ1n) is 4.31. The minimum atomic E-state index is 0.820. The summed E-state index contributed by atoms with van der Waals surface area (Å²) < 4.78 is 1.20. The predicted octanol–water partition coefficient (Wildman–Crippen LogP) is 3.59. The molecule has 4 heteroatoms. The SMILES string of the molecule is CCc1nc2cc(N=C=S)ccc2s1. The van der Waals surface area contributed by atoms with E-state index < -0.39 is 0 Å². The fourth-order valence-corrected chi connectivity index (χ4v) is 2.23. The highest BCUT2D eigenvalue weighted by molar-refractivity contribution is 7.78. The number of hydrogen-bond donors (Lipinski definition) is 0. The number of benzene rings is 1. The number of fused-ring (bicyclic) bond motifs is 1. The van der Waals surface area contributed by atoms with Crippen molar-refractivity contribution in [3.8, 4) is 0 Å². The summed E-state index contributed by atoms with van der Waals surface area (Å²) in [7, 11) is 0. The molecule has 0 unspecified atom stereocenters. The summed E-state index contributed by atoms with van der Waals surface area (Å²) in [5.74, 6) is 0. The van der Waals surface area contributed by atoms with Crippen molar-refractivity contribution in [3.63, 3.8) is 0 Å². The first kappa shape index (κ1) is 9.46. The third kappa shape index (κ3) is 1.73. The number of hydrogen-bond acceptors (Lipinski definition) is 4. The third-order valence-electron chi connectivity index (χ3n) is 1.89. The lowest BCUT2D eigenvalue weighted by Crippen LogP contribution is -1.73. The molecule has 0 aliphatic carbocycles. The van der Waals surface area contributed by atoms with Crippen molar-refractivity contribution in [2.24, 2.45) is 4.99 Å².